The number of carbonyl (C=O) groups is 1. The van der Waals surface area contributed by atoms with Crippen molar-refractivity contribution in [2.24, 2.45) is 0 Å². The quantitative estimate of drug-likeness (QED) is 0.668. The van der Waals surface area contributed by atoms with Crippen molar-refractivity contribution in [2.45, 2.75) is 13.0 Å². The van der Waals surface area contributed by atoms with Crippen molar-refractivity contribution in [3.8, 4) is 11.5 Å². The topological polar surface area (TPSA) is 101 Å². The summed E-state index contributed by atoms with van der Waals surface area (Å²) in [5, 5.41) is 15.1. The summed E-state index contributed by atoms with van der Waals surface area (Å²) < 4.78 is 10.5. The Morgan fingerprint density at radius 2 is 2.21 bits per heavy atom. The number of benzene rings is 1. The number of rotatable bonds is 5. The molecule has 24 heavy (non-hydrogen) atoms. The van der Waals surface area contributed by atoms with Crippen LogP contribution in [0.5, 0.6) is 0 Å². The van der Waals surface area contributed by atoms with Crippen molar-refractivity contribution in [3.05, 3.63) is 60.4 Å². The maximum Gasteiger partial charge on any atom is 0.319 e. The summed E-state index contributed by atoms with van der Waals surface area (Å²) >= 11 is 0. The van der Waals surface area contributed by atoms with E-state index in [1.807, 2.05) is 13.0 Å². The van der Waals surface area contributed by atoms with E-state index in [9.17, 15) is 9.90 Å². The van der Waals surface area contributed by atoms with Crippen LogP contribution in [0.1, 0.15) is 17.6 Å². The number of urea groups is 1. The summed E-state index contributed by atoms with van der Waals surface area (Å²) in [5.41, 5.74) is 1.35. The number of hydrogen-bond donors (Lipinski definition) is 3. The van der Waals surface area contributed by atoms with Gasteiger partial charge in [-0.25, -0.2) is 9.78 Å². The molecule has 3 aromatic rings. The van der Waals surface area contributed by atoms with Gasteiger partial charge in [0.15, 0.2) is 0 Å². The molecule has 2 aromatic heterocycles. The molecule has 0 saturated carbocycles. The van der Waals surface area contributed by atoms with Crippen LogP contribution in [0.25, 0.3) is 11.5 Å². The zero-order valence-electron chi connectivity index (χ0n) is 13.0. The molecule has 3 N–H and O–H groups in total. The maximum atomic E-state index is 11.9. The van der Waals surface area contributed by atoms with E-state index in [0.717, 1.165) is 5.56 Å². The van der Waals surface area contributed by atoms with Crippen LogP contribution in [-0.4, -0.2) is 22.7 Å². The Bertz CT molecular complexity index is 811. The van der Waals surface area contributed by atoms with Gasteiger partial charge >= 0.3 is 6.03 Å². The number of carbonyl (C=O) groups excluding carboxylic acids is 1. The van der Waals surface area contributed by atoms with Gasteiger partial charge in [-0.2, -0.15) is 0 Å². The monoisotopic (exact) mass is 327 g/mol. The van der Waals surface area contributed by atoms with Gasteiger partial charge in [-0.15, -0.1) is 0 Å². The predicted octanol–water partition coefficient (Wildman–Crippen LogP) is 3.10. The van der Waals surface area contributed by atoms with Crippen molar-refractivity contribution < 1.29 is 18.7 Å². The molecule has 1 aromatic carbocycles. The number of nitrogens with zero attached hydrogens (tertiary/aromatic N) is 1. The molecule has 0 aliphatic heterocycles. The van der Waals surface area contributed by atoms with Gasteiger partial charge in [-0.1, -0.05) is 6.07 Å². The van der Waals surface area contributed by atoms with Crippen LogP contribution in [0, 0.1) is 6.92 Å². The van der Waals surface area contributed by atoms with Crippen LogP contribution in [0.15, 0.2) is 57.7 Å². The van der Waals surface area contributed by atoms with Crippen molar-refractivity contribution in [1.29, 1.82) is 0 Å². The number of anilines is 1. The standard InChI is InChI=1S/C17H17N3O4/c1-11-9-18-16(24-11)12-4-2-5-13(8-12)20-17(22)19-10-14(21)15-6-3-7-23-15/h2-9,14,21H,10H2,1H3,(H2,19,20,22). The van der Waals surface area contributed by atoms with Gasteiger partial charge in [-0.3, -0.25) is 0 Å². The Morgan fingerprint density at radius 3 is 2.92 bits per heavy atom. The van der Waals surface area contributed by atoms with Crippen LogP contribution >= 0.6 is 0 Å². The lowest BCUT2D eigenvalue weighted by Crippen LogP contribution is -2.32. The number of oxazole rings is 1. The van der Waals surface area contributed by atoms with Gasteiger partial charge in [-0.05, 0) is 37.3 Å². The number of aliphatic hydroxyl groups excluding tert-OH is 1. The lowest BCUT2D eigenvalue weighted by Gasteiger charge is -2.11. The maximum absolute atomic E-state index is 11.9. The molecule has 2 heterocycles. The summed E-state index contributed by atoms with van der Waals surface area (Å²) in [5.74, 6) is 1.61. The molecule has 7 nitrogen and oxygen atoms in total. The predicted molar refractivity (Wildman–Crippen MR) is 87.4 cm³/mol. The second-order valence-electron chi connectivity index (χ2n) is 5.22. The highest BCUT2D eigenvalue weighted by molar-refractivity contribution is 5.89. The lowest BCUT2D eigenvalue weighted by atomic mass is 10.2. The molecular formula is C17H17N3O4. The van der Waals surface area contributed by atoms with Gasteiger partial charge in [0.1, 0.15) is 17.6 Å². The van der Waals surface area contributed by atoms with E-state index in [2.05, 4.69) is 15.6 Å². The molecule has 3 rings (SSSR count). The lowest BCUT2D eigenvalue weighted by molar-refractivity contribution is 0.149. The minimum absolute atomic E-state index is 0.0397. The molecule has 1 atom stereocenters. The molecule has 0 spiro atoms. The minimum Gasteiger partial charge on any atom is -0.467 e. The van der Waals surface area contributed by atoms with Gasteiger partial charge < -0.3 is 24.6 Å². The zero-order valence-corrected chi connectivity index (χ0v) is 13.0. The molecule has 0 fully saturated rings. The fourth-order valence-electron chi connectivity index (χ4n) is 2.16. The highest BCUT2D eigenvalue weighted by atomic mass is 16.4. The smallest absolute Gasteiger partial charge is 0.319 e. The molecule has 0 radical (unpaired) electrons. The first-order valence-electron chi connectivity index (χ1n) is 7.41. The summed E-state index contributed by atoms with van der Waals surface area (Å²) in [6.45, 7) is 1.86. The first-order chi connectivity index (χ1) is 11.6. The van der Waals surface area contributed by atoms with Crippen molar-refractivity contribution >= 4 is 11.7 Å². The highest BCUT2D eigenvalue weighted by Crippen LogP contribution is 2.22. The third kappa shape index (κ3) is 3.82. The Kier molecular flexibility index (Phi) is 4.62. The molecule has 0 saturated heterocycles. The van der Waals surface area contributed by atoms with Crippen LogP contribution in [0.3, 0.4) is 0 Å². The van der Waals surface area contributed by atoms with E-state index in [4.69, 9.17) is 8.83 Å². The summed E-state index contributed by atoms with van der Waals surface area (Å²) in [6.07, 6.45) is 2.21. The van der Waals surface area contributed by atoms with E-state index in [1.54, 1.807) is 36.5 Å². The molecule has 0 aliphatic rings. The largest absolute Gasteiger partial charge is 0.467 e. The Hall–Kier alpha value is -3.06. The van der Waals surface area contributed by atoms with E-state index in [1.165, 1.54) is 6.26 Å². The Balaban J connectivity index is 1.58. The fraction of sp³-hybridized carbons (Fsp3) is 0.176. The number of aliphatic hydroxyl groups is 1. The van der Waals surface area contributed by atoms with Gasteiger partial charge in [0.25, 0.3) is 0 Å². The molecular weight excluding hydrogens is 310 g/mol. The Morgan fingerprint density at radius 1 is 1.33 bits per heavy atom. The number of hydrogen-bond acceptors (Lipinski definition) is 5. The summed E-state index contributed by atoms with van der Waals surface area (Å²) in [7, 11) is 0. The van der Waals surface area contributed by atoms with Gasteiger partial charge in [0.2, 0.25) is 5.89 Å². The summed E-state index contributed by atoms with van der Waals surface area (Å²) in [6, 6.07) is 10.0. The highest BCUT2D eigenvalue weighted by Gasteiger charge is 2.12. The normalized spacial score (nSPS) is 11.9. The average Bonchev–Trinajstić information content (AvgIpc) is 3.24. The number of aromatic nitrogens is 1. The van der Waals surface area contributed by atoms with E-state index < -0.39 is 12.1 Å². The number of amides is 2. The van der Waals surface area contributed by atoms with Crippen LogP contribution in [0.4, 0.5) is 10.5 Å². The van der Waals surface area contributed by atoms with E-state index >= 15 is 0 Å². The fourth-order valence-corrected chi connectivity index (χ4v) is 2.16. The summed E-state index contributed by atoms with van der Waals surface area (Å²) in [4.78, 5) is 16.1. The first kappa shape index (κ1) is 15.8. The molecule has 124 valence electrons. The minimum atomic E-state index is -0.896. The molecule has 2 amide bonds. The molecule has 7 heteroatoms. The van der Waals surface area contributed by atoms with E-state index in [-0.39, 0.29) is 6.54 Å². The second kappa shape index (κ2) is 7.01. The Labute approximate surface area is 138 Å². The molecule has 0 aliphatic carbocycles. The van der Waals surface area contributed by atoms with Crippen LogP contribution < -0.4 is 10.6 Å². The molecule has 0 bridgehead atoms. The van der Waals surface area contributed by atoms with Crippen LogP contribution in [0.2, 0.25) is 0 Å². The van der Waals surface area contributed by atoms with Crippen molar-refractivity contribution in [3.63, 3.8) is 0 Å². The van der Waals surface area contributed by atoms with E-state index in [0.29, 0.717) is 23.1 Å². The van der Waals surface area contributed by atoms with Crippen LogP contribution in [-0.2, 0) is 0 Å². The molecule has 1 unspecified atom stereocenters. The number of nitrogens with one attached hydrogen (secondary N) is 2. The third-order valence-electron chi connectivity index (χ3n) is 3.32. The number of aryl methyl sites for hydroxylation is 1. The first-order valence-corrected chi connectivity index (χ1v) is 7.41. The SMILES string of the molecule is Cc1cnc(-c2cccc(NC(=O)NCC(O)c3ccco3)c2)o1. The third-order valence-corrected chi connectivity index (χ3v) is 3.32. The van der Waals surface area contributed by atoms with Gasteiger partial charge in [0.05, 0.1) is 19.0 Å². The van der Waals surface area contributed by atoms with Gasteiger partial charge in [0, 0.05) is 11.3 Å². The zero-order chi connectivity index (χ0) is 16.9. The second-order valence-corrected chi connectivity index (χ2v) is 5.22. The number of furan rings is 1. The van der Waals surface area contributed by atoms with Crippen molar-refractivity contribution in [2.75, 3.05) is 11.9 Å². The van der Waals surface area contributed by atoms with Crippen molar-refractivity contribution in [1.82, 2.24) is 10.3 Å². The average molecular weight is 327 g/mol.